The molecule has 27 heavy (non-hydrogen) atoms. The molecule has 0 spiro atoms. The Kier molecular flexibility index (Phi) is 5.96. The molecule has 0 saturated carbocycles. The monoisotopic (exact) mass is 368 g/mol. The zero-order valence-corrected chi connectivity index (χ0v) is 15.7. The molecule has 1 heterocycles. The maximum absolute atomic E-state index is 12.7. The molecule has 0 bridgehead atoms. The molecule has 0 saturated heterocycles. The van der Waals surface area contributed by atoms with E-state index in [1.807, 2.05) is 44.2 Å². The van der Waals surface area contributed by atoms with Gasteiger partial charge in [0, 0.05) is 13.1 Å². The molecule has 0 aliphatic carbocycles. The summed E-state index contributed by atoms with van der Waals surface area (Å²) in [4.78, 5) is 25.1. The fourth-order valence-corrected chi connectivity index (χ4v) is 3.11. The first-order chi connectivity index (χ1) is 13.2. The van der Waals surface area contributed by atoms with Crippen LogP contribution in [0.4, 0.5) is 0 Å². The van der Waals surface area contributed by atoms with Crippen molar-refractivity contribution in [3.8, 4) is 11.5 Å². The van der Waals surface area contributed by atoms with Crippen LogP contribution in [0.3, 0.4) is 0 Å². The van der Waals surface area contributed by atoms with Gasteiger partial charge in [0.05, 0.1) is 24.1 Å². The SMILES string of the molecule is CCCn1c(=O)n(CCC(=O)Oc2ccccc2OCC)c2ccccc21. The molecule has 0 radical (unpaired) electrons. The Labute approximate surface area is 157 Å². The first kappa shape index (κ1) is 18.8. The first-order valence-corrected chi connectivity index (χ1v) is 9.26. The van der Waals surface area contributed by atoms with Gasteiger partial charge in [-0.2, -0.15) is 0 Å². The predicted molar refractivity (Wildman–Crippen MR) is 104 cm³/mol. The molecular weight excluding hydrogens is 344 g/mol. The molecular formula is C21H24N2O4. The second kappa shape index (κ2) is 8.58. The Morgan fingerprint density at radius 2 is 1.48 bits per heavy atom. The van der Waals surface area contributed by atoms with Gasteiger partial charge < -0.3 is 9.47 Å². The van der Waals surface area contributed by atoms with Crippen molar-refractivity contribution in [1.82, 2.24) is 9.13 Å². The smallest absolute Gasteiger partial charge is 0.329 e. The third-order valence-corrected chi connectivity index (χ3v) is 4.28. The van der Waals surface area contributed by atoms with Crippen LogP contribution in [0.1, 0.15) is 26.7 Å². The van der Waals surface area contributed by atoms with Gasteiger partial charge in [-0.15, -0.1) is 0 Å². The molecule has 3 aromatic rings. The van der Waals surface area contributed by atoms with Gasteiger partial charge in [0.2, 0.25) is 0 Å². The van der Waals surface area contributed by atoms with Crippen LogP contribution in [-0.4, -0.2) is 21.7 Å². The van der Waals surface area contributed by atoms with Gasteiger partial charge in [0.15, 0.2) is 11.5 Å². The highest BCUT2D eigenvalue weighted by Gasteiger charge is 2.15. The number of ether oxygens (including phenoxy) is 2. The molecule has 0 aliphatic rings. The topological polar surface area (TPSA) is 62.5 Å². The second-order valence-electron chi connectivity index (χ2n) is 6.18. The number of aromatic nitrogens is 2. The van der Waals surface area contributed by atoms with Crippen molar-refractivity contribution in [2.45, 2.75) is 39.8 Å². The van der Waals surface area contributed by atoms with E-state index in [1.54, 1.807) is 27.3 Å². The van der Waals surface area contributed by atoms with Crippen LogP contribution in [0.25, 0.3) is 11.0 Å². The number of aryl methyl sites for hydroxylation is 2. The molecule has 6 heteroatoms. The average molecular weight is 368 g/mol. The minimum atomic E-state index is -0.402. The minimum Gasteiger partial charge on any atom is -0.490 e. The van der Waals surface area contributed by atoms with Gasteiger partial charge in [-0.05, 0) is 37.6 Å². The maximum Gasteiger partial charge on any atom is 0.329 e. The number of esters is 1. The normalized spacial score (nSPS) is 10.9. The van der Waals surface area contributed by atoms with E-state index in [-0.39, 0.29) is 18.7 Å². The fourth-order valence-electron chi connectivity index (χ4n) is 3.11. The Bertz CT molecular complexity index is 987. The van der Waals surface area contributed by atoms with Crippen molar-refractivity contribution >= 4 is 17.0 Å². The molecule has 0 atom stereocenters. The highest BCUT2D eigenvalue weighted by atomic mass is 16.6. The van der Waals surface area contributed by atoms with E-state index < -0.39 is 5.97 Å². The predicted octanol–water partition coefficient (Wildman–Crippen LogP) is 3.61. The molecule has 2 aromatic carbocycles. The molecule has 0 aliphatic heterocycles. The van der Waals surface area contributed by atoms with Gasteiger partial charge in [0.25, 0.3) is 0 Å². The van der Waals surface area contributed by atoms with E-state index in [2.05, 4.69) is 0 Å². The summed E-state index contributed by atoms with van der Waals surface area (Å²) in [5.41, 5.74) is 1.62. The summed E-state index contributed by atoms with van der Waals surface area (Å²) in [6, 6.07) is 14.7. The van der Waals surface area contributed by atoms with Crippen LogP contribution in [-0.2, 0) is 17.9 Å². The second-order valence-corrected chi connectivity index (χ2v) is 6.18. The van der Waals surface area contributed by atoms with Gasteiger partial charge in [-0.1, -0.05) is 31.2 Å². The molecule has 0 fully saturated rings. The minimum absolute atomic E-state index is 0.0967. The van der Waals surface area contributed by atoms with E-state index in [0.29, 0.717) is 24.7 Å². The van der Waals surface area contributed by atoms with Crippen LogP contribution in [0.2, 0.25) is 0 Å². The van der Waals surface area contributed by atoms with Crippen LogP contribution < -0.4 is 15.2 Å². The standard InChI is InChI=1S/C21H24N2O4/c1-3-14-22-16-9-5-6-10-17(16)23(21(22)25)15-13-20(24)27-19-12-8-7-11-18(19)26-4-2/h5-12H,3-4,13-15H2,1-2H3. The molecule has 142 valence electrons. The Balaban J connectivity index is 1.76. The molecule has 3 rings (SSSR count). The summed E-state index contributed by atoms with van der Waals surface area (Å²) >= 11 is 0. The zero-order valence-electron chi connectivity index (χ0n) is 15.7. The number of benzene rings is 2. The van der Waals surface area contributed by atoms with Crippen molar-refractivity contribution < 1.29 is 14.3 Å². The molecule has 0 amide bonds. The lowest BCUT2D eigenvalue weighted by atomic mass is 10.3. The average Bonchev–Trinajstić information content (AvgIpc) is 2.94. The van der Waals surface area contributed by atoms with E-state index in [1.165, 1.54) is 0 Å². The molecule has 6 nitrogen and oxygen atoms in total. The molecule has 0 N–H and O–H groups in total. The number of fused-ring (bicyclic) bond motifs is 1. The number of hydrogen-bond acceptors (Lipinski definition) is 4. The lowest BCUT2D eigenvalue weighted by Crippen LogP contribution is -2.25. The maximum atomic E-state index is 12.7. The highest BCUT2D eigenvalue weighted by Crippen LogP contribution is 2.26. The summed E-state index contributed by atoms with van der Waals surface area (Å²) in [5, 5.41) is 0. The number of hydrogen-bond donors (Lipinski definition) is 0. The van der Waals surface area contributed by atoms with Crippen molar-refractivity contribution in [1.29, 1.82) is 0 Å². The number of para-hydroxylation sites is 4. The number of rotatable bonds is 8. The van der Waals surface area contributed by atoms with E-state index in [0.717, 1.165) is 17.5 Å². The lowest BCUT2D eigenvalue weighted by Gasteiger charge is -2.10. The van der Waals surface area contributed by atoms with Gasteiger partial charge in [-0.25, -0.2) is 4.79 Å². The number of carbonyl (C=O) groups excluding carboxylic acids is 1. The van der Waals surface area contributed by atoms with Gasteiger partial charge in [-0.3, -0.25) is 13.9 Å². The molecule has 0 unspecified atom stereocenters. The van der Waals surface area contributed by atoms with Crippen LogP contribution in [0.5, 0.6) is 11.5 Å². The van der Waals surface area contributed by atoms with E-state index in [4.69, 9.17) is 9.47 Å². The van der Waals surface area contributed by atoms with Crippen molar-refractivity contribution in [3.63, 3.8) is 0 Å². The summed E-state index contributed by atoms with van der Waals surface area (Å²) in [6.07, 6.45) is 0.963. The highest BCUT2D eigenvalue weighted by molar-refractivity contribution is 5.77. The molecule has 1 aromatic heterocycles. The third-order valence-electron chi connectivity index (χ3n) is 4.28. The van der Waals surface area contributed by atoms with Gasteiger partial charge in [0.1, 0.15) is 0 Å². The van der Waals surface area contributed by atoms with Crippen LogP contribution in [0, 0.1) is 0 Å². The number of nitrogens with zero attached hydrogens (tertiary/aromatic N) is 2. The Morgan fingerprint density at radius 1 is 0.889 bits per heavy atom. The summed E-state index contributed by atoms with van der Waals surface area (Å²) in [6.45, 7) is 5.31. The summed E-state index contributed by atoms with van der Waals surface area (Å²) in [7, 11) is 0. The number of carbonyl (C=O) groups is 1. The summed E-state index contributed by atoms with van der Waals surface area (Å²) < 4.78 is 14.3. The van der Waals surface area contributed by atoms with Crippen molar-refractivity contribution in [3.05, 3.63) is 59.0 Å². The Hall–Kier alpha value is -3.02. The quantitative estimate of drug-likeness (QED) is 0.450. The lowest BCUT2D eigenvalue weighted by molar-refractivity contribution is -0.134. The first-order valence-electron chi connectivity index (χ1n) is 9.26. The fraction of sp³-hybridized carbons (Fsp3) is 0.333. The zero-order chi connectivity index (χ0) is 19.2. The van der Waals surface area contributed by atoms with Crippen molar-refractivity contribution in [2.75, 3.05) is 6.61 Å². The van der Waals surface area contributed by atoms with Crippen LogP contribution >= 0.6 is 0 Å². The Morgan fingerprint density at radius 3 is 2.11 bits per heavy atom. The van der Waals surface area contributed by atoms with E-state index >= 15 is 0 Å². The van der Waals surface area contributed by atoms with Crippen molar-refractivity contribution in [2.24, 2.45) is 0 Å². The van der Waals surface area contributed by atoms with E-state index in [9.17, 15) is 9.59 Å². The third kappa shape index (κ3) is 4.05. The van der Waals surface area contributed by atoms with Crippen LogP contribution in [0.15, 0.2) is 53.3 Å². The number of imidazole rings is 1. The van der Waals surface area contributed by atoms with Gasteiger partial charge >= 0.3 is 11.7 Å². The largest absolute Gasteiger partial charge is 0.490 e. The summed E-state index contributed by atoms with van der Waals surface area (Å²) in [5.74, 6) is 0.525.